The lowest BCUT2D eigenvalue weighted by molar-refractivity contribution is -0.219. The molecule has 0 bridgehead atoms. The van der Waals surface area contributed by atoms with E-state index in [1.807, 2.05) is 0 Å². The molecular weight excluding hydrogens is 479 g/mol. The highest BCUT2D eigenvalue weighted by Gasteiger charge is 2.43. The standard InChI is InChI=1S/C20H20F3N5O5S/c1-27(2)17-8-6-13(34(30,31)28(3)33-19(29)20(21,22)23)10-16(17)26-18-14-9-12(32-4)5-7-15(14)24-11-25-18/h5-11H,1-4H3,(H,24,25,26). The summed E-state index contributed by atoms with van der Waals surface area (Å²) in [5.41, 5.74) is 1.40. The van der Waals surface area contributed by atoms with E-state index in [0.717, 1.165) is 0 Å². The van der Waals surface area contributed by atoms with Gasteiger partial charge in [-0.25, -0.2) is 23.2 Å². The van der Waals surface area contributed by atoms with Crippen LogP contribution in [-0.2, 0) is 19.7 Å². The van der Waals surface area contributed by atoms with Gasteiger partial charge in [-0.3, -0.25) is 0 Å². The Morgan fingerprint density at radius 2 is 1.76 bits per heavy atom. The van der Waals surface area contributed by atoms with Gasteiger partial charge in [0, 0.05) is 26.5 Å². The summed E-state index contributed by atoms with van der Waals surface area (Å²) in [6, 6.07) is 8.94. The highest BCUT2D eigenvalue weighted by molar-refractivity contribution is 7.89. The number of nitrogens with zero attached hydrogens (tertiary/aromatic N) is 4. The van der Waals surface area contributed by atoms with Gasteiger partial charge in [0.1, 0.15) is 17.9 Å². The number of hydrogen-bond donors (Lipinski definition) is 1. The van der Waals surface area contributed by atoms with Crippen LogP contribution < -0.4 is 15.0 Å². The number of rotatable bonds is 7. The monoisotopic (exact) mass is 499 g/mol. The molecule has 3 rings (SSSR count). The number of nitrogens with one attached hydrogen (secondary N) is 1. The van der Waals surface area contributed by atoms with E-state index in [-0.39, 0.29) is 10.2 Å². The van der Waals surface area contributed by atoms with E-state index in [0.29, 0.717) is 35.2 Å². The number of ether oxygens (including phenoxy) is 1. The molecule has 10 nitrogen and oxygen atoms in total. The molecule has 0 spiro atoms. The third-order valence-electron chi connectivity index (χ3n) is 4.62. The molecule has 1 N–H and O–H groups in total. The average Bonchev–Trinajstić information content (AvgIpc) is 2.78. The van der Waals surface area contributed by atoms with Crippen LogP contribution in [0.2, 0.25) is 0 Å². The lowest BCUT2D eigenvalue weighted by atomic mass is 10.2. The highest BCUT2D eigenvalue weighted by Crippen LogP contribution is 2.33. The summed E-state index contributed by atoms with van der Waals surface area (Å²) in [7, 11) is 0.994. The fourth-order valence-corrected chi connectivity index (χ4v) is 3.89. The first-order valence-electron chi connectivity index (χ1n) is 9.50. The molecule has 34 heavy (non-hydrogen) atoms. The number of methoxy groups -OCH3 is 1. The Morgan fingerprint density at radius 1 is 1.06 bits per heavy atom. The maximum atomic E-state index is 12.8. The second-order valence-corrected chi connectivity index (χ2v) is 9.03. The van der Waals surface area contributed by atoms with E-state index < -0.39 is 27.1 Å². The Hall–Kier alpha value is -3.65. The molecule has 0 saturated heterocycles. The molecular formula is C20H20F3N5O5S. The minimum Gasteiger partial charge on any atom is -0.497 e. The minimum absolute atomic E-state index is 0.137. The van der Waals surface area contributed by atoms with Gasteiger partial charge in [0.2, 0.25) is 0 Å². The van der Waals surface area contributed by atoms with Crippen LogP contribution in [0, 0.1) is 0 Å². The summed E-state index contributed by atoms with van der Waals surface area (Å²) in [6.45, 7) is 0. The van der Waals surface area contributed by atoms with Crippen LogP contribution in [0.4, 0.5) is 30.4 Å². The van der Waals surface area contributed by atoms with Gasteiger partial charge in [0.15, 0.2) is 0 Å². The van der Waals surface area contributed by atoms with Crippen molar-refractivity contribution >= 4 is 44.1 Å². The molecule has 2 aromatic carbocycles. The smallest absolute Gasteiger partial charge is 0.492 e. The van der Waals surface area contributed by atoms with Gasteiger partial charge in [-0.1, -0.05) is 0 Å². The first-order chi connectivity index (χ1) is 15.8. The highest BCUT2D eigenvalue weighted by atomic mass is 32.2. The number of alkyl halides is 3. The molecule has 1 aromatic heterocycles. The Labute approximate surface area is 192 Å². The van der Waals surface area contributed by atoms with E-state index in [9.17, 15) is 26.4 Å². The van der Waals surface area contributed by atoms with Gasteiger partial charge in [0.25, 0.3) is 10.0 Å². The van der Waals surface area contributed by atoms with E-state index >= 15 is 0 Å². The van der Waals surface area contributed by atoms with Gasteiger partial charge in [-0.2, -0.15) is 13.2 Å². The molecule has 0 unspecified atom stereocenters. The predicted molar refractivity (Wildman–Crippen MR) is 117 cm³/mol. The molecule has 0 saturated carbocycles. The number of hydroxylamine groups is 1. The second-order valence-electron chi connectivity index (χ2n) is 7.09. The lowest BCUT2D eigenvalue weighted by Crippen LogP contribution is -2.36. The van der Waals surface area contributed by atoms with Crippen LogP contribution in [0.25, 0.3) is 10.9 Å². The quantitative estimate of drug-likeness (QED) is 0.490. The molecule has 0 fully saturated rings. The normalized spacial score (nSPS) is 12.0. The fourth-order valence-electron chi connectivity index (χ4n) is 2.92. The Kier molecular flexibility index (Phi) is 6.84. The molecule has 0 aliphatic carbocycles. The van der Waals surface area contributed by atoms with E-state index in [2.05, 4.69) is 20.1 Å². The van der Waals surface area contributed by atoms with Crippen molar-refractivity contribution < 1.29 is 36.0 Å². The molecule has 14 heteroatoms. The van der Waals surface area contributed by atoms with Gasteiger partial charge < -0.3 is 19.8 Å². The van der Waals surface area contributed by atoms with Crippen molar-refractivity contribution in [1.29, 1.82) is 0 Å². The number of hydrogen-bond acceptors (Lipinski definition) is 9. The maximum Gasteiger partial charge on any atom is 0.492 e. The summed E-state index contributed by atoms with van der Waals surface area (Å²) >= 11 is 0. The van der Waals surface area contributed by atoms with Crippen molar-refractivity contribution in [3.8, 4) is 5.75 Å². The van der Waals surface area contributed by atoms with Crippen LogP contribution in [-0.4, -0.2) is 63.3 Å². The number of aromatic nitrogens is 2. The average molecular weight is 499 g/mol. The van der Waals surface area contributed by atoms with Crippen LogP contribution in [0.3, 0.4) is 0 Å². The number of anilines is 3. The molecule has 1 heterocycles. The van der Waals surface area contributed by atoms with Gasteiger partial charge in [-0.15, -0.1) is 0 Å². The van der Waals surface area contributed by atoms with Crippen LogP contribution >= 0.6 is 0 Å². The van der Waals surface area contributed by atoms with Gasteiger partial charge >= 0.3 is 12.1 Å². The maximum absolute atomic E-state index is 12.8. The second kappa shape index (κ2) is 9.30. The number of fused-ring (bicyclic) bond motifs is 1. The molecule has 0 atom stereocenters. The summed E-state index contributed by atoms with van der Waals surface area (Å²) in [5.74, 6) is -1.79. The molecule has 0 amide bonds. The predicted octanol–water partition coefficient (Wildman–Crippen LogP) is 3.09. The van der Waals surface area contributed by atoms with E-state index in [1.54, 1.807) is 37.2 Å². The van der Waals surface area contributed by atoms with E-state index in [1.165, 1.54) is 31.6 Å². The van der Waals surface area contributed by atoms with Gasteiger partial charge in [-0.05, 0) is 40.9 Å². The van der Waals surface area contributed by atoms with Crippen molar-refractivity contribution in [1.82, 2.24) is 14.4 Å². The number of carbonyl (C=O) groups is 1. The molecule has 0 aliphatic rings. The van der Waals surface area contributed by atoms with Crippen molar-refractivity contribution in [2.24, 2.45) is 0 Å². The SMILES string of the molecule is COc1ccc2ncnc(Nc3cc(S(=O)(=O)N(C)OC(=O)C(F)(F)F)ccc3N(C)C)c2c1. The summed E-state index contributed by atoms with van der Waals surface area (Å²) in [6.07, 6.45) is -4.04. The molecule has 0 radical (unpaired) electrons. The fraction of sp³-hybridized carbons (Fsp3) is 0.250. The Morgan fingerprint density at radius 3 is 2.38 bits per heavy atom. The number of benzene rings is 2. The largest absolute Gasteiger partial charge is 0.497 e. The van der Waals surface area contributed by atoms with Crippen LogP contribution in [0.15, 0.2) is 47.6 Å². The topological polar surface area (TPSA) is 114 Å². The van der Waals surface area contributed by atoms with Crippen molar-refractivity contribution in [2.45, 2.75) is 11.1 Å². The molecule has 182 valence electrons. The van der Waals surface area contributed by atoms with Gasteiger partial charge in [0.05, 0.1) is 28.9 Å². The summed E-state index contributed by atoms with van der Waals surface area (Å²) in [5, 5.41) is 3.63. The Bertz CT molecular complexity index is 1330. The summed E-state index contributed by atoms with van der Waals surface area (Å²) in [4.78, 5) is 24.7. The molecule has 3 aromatic rings. The zero-order valence-corrected chi connectivity index (χ0v) is 19.2. The zero-order valence-electron chi connectivity index (χ0n) is 18.4. The Balaban J connectivity index is 2.04. The van der Waals surface area contributed by atoms with Crippen molar-refractivity contribution in [3.63, 3.8) is 0 Å². The third kappa shape index (κ3) is 5.12. The first kappa shape index (κ1) is 25.0. The summed E-state index contributed by atoms with van der Waals surface area (Å²) < 4.78 is 68.1. The number of sulfonamides is 1. The van der Waals surface area contributed by atoms with E-state index in [4.69, 9.17) is 4.74 Å². The zero-order chi connectivity index (χ0) is 25.3. The lowest BCUT2D eigenvalue weighted by Gasteiger charge is -2.21. The van der Waals surface area contributed by atoms with Crippen molar-refractivity contribution in [3.05, 3.63) is 42.7 Å². The number of carbonyl (C=O) groups excluding carboxylic acids is 1. The minimum atomic E-state index is -5.36. The third-order valence-corrected chi connectivity index (χ3v) is 6.23. The number of halogens is 3. The molecule has 0 aliphatic heterocycles. The van der Waals surface area contributed by atoms with Crippen LogP contribution in [0.5, 0.6) is 5.75 Å². The van der Waals surface area contributed by atoms with Crippen LogP contribution in [0.1, 0.15) is 0 Å². The first-order valence-corrected chi connectivity index (χ1v) is 10.9. The van der Waals surface area contributed by atoms with Crippen molar-refractivity contribution in [2.75, 3.05) is 38.5 Å².